The molecule has 0 bridgehead atoms. The third-order valence-corrected chi connectivity index (χ3v) is 3.18. The Bertz CT molecular complexity index is 432. The van der Waals surface area contributed by atoms with E-state index in [2.05, 4.69) is 19.2 Å². The molecule has 1 amide bonds. The number of benzene rings is 1. The molecule has 1 aromatic rings. The van der Waals surface area contributed by atoms with Gasteiger partial charge < -0.3 is 15.8 Å². The number of nitrogens with two attached hydrogens (primary N) is 1. The van der Waals surface area contributed by atoms with Gasteiger partial charge in [-0.25, -0.2) is 0 Å². The van der Waals surface area contributed by atoms with Crippen LogP contribution in [0, 0.1) is 12.8 Å². The Kier molecular flexibility index (Phi) is 7.09. The molecule has 4 heteroatoms. The lowest BCUT2D eigenvalue weighted by molar-refractivity contribution is -0.117. The maximum Gasteiger partial charge on any atom is 0.226 e. The van der Waals surface area contributed by atoms with Gasteiger partial charge in [0, 0.05) is 18.0 Å². The van der Waals surface area contributed by atoms with Gasteiger partial charge in [0.25, 0.3) is 0 Å². The van der Waals surface area contributed by atoms with E-state index in [9.17, 15) is 4.79 Å². The molecule has 4 nitrogen and oxygen atoms in total. The van der Waals surface area contributed by atoms with Crippen LogP contribution in [0.25, 0.3) is 0 Å². The van der Waals surface area contributed by atoms with E-state index in [1.54, 1.807) is 6.07 Å². The Morgan fingerprint density at radius 2 is 2.20 bits per heavy atom. The van der Waals surface area contributed by atoms with E-state index in [-0.39, 0.29) is 5.91 Å². The van der Waals surface area contributed by atoms with Crippen molar-refractivity contribution < 1.29 is 9.53 Å². The predicted molar refractivity (Wildman–Crippen MR) is 83.7 cm³/mol. The zero-order valence-corrected chi connectivity index (χ0v) is 12.7. The summed E-state index contributed by atoms with van der Waals surface area (Å²) in [5.41, 5.74) is 8.16. The van der Waals surface area contributed by atoms with Crippen LogP contribution in [0.1, 0.15) is 38.7 Å². The molecule has 0 saturated heterocycles. The molecule has 0 heterocycles. The van der Waals surface area contributed by atoms with E-state index < -0.39 is 0 Å². The third kappa shape index (κ3) is 6.06. The Balaban J connectivity index is 2.26. The molecule has 0 aliphatic carbocycles. The molecule has 0 saturated carbocycles. The molecule has 0 radical (unpaired) electrons. The second-order valence-electron chi connectivity index (χ2n) is 5.34. The first-order valence-electron chi connectivity index (χ1n) is 7.26. The Hall–Kier alpha value is -1.55. The fraction of sp³-hybridized carbons (Fsp3) is 0.562. The van der Waals surface area contributed by atoms with Crippen LogP contribution in [0.5, 0.6) is 0 Å². The molecule has 3 N–H and O–H groups in total. The van der Waals surface area contributed by atoms with Gasteiger partial charge in [-0.05, 0) is 43.0 Å². The summed E-state index contributed by atoms with van der Waals surface area (Å²) in [5, 5.41) is 2.88. The average Bonchev–Trinajstić information content (AvgIpc) is 2.38. The Morgan fingerprint density at radius 1 is 1.45 bits per heavy atom. The normalized spacial score (nSPS) is 12.2. The summed E-state index contributed by atoms with van der Waals surface area (Å²) < 4.78 is 5.52. The molecule has 0 aliphatic heterocycles. The summed E-state index contributed by atoms with van der Waals surface area (Å²) in [5.74, 6) is 0.531. The summed E-state index contributed by atoms with van der Waals surface area (Å²) in [7, 11) is 0. The van der Waals surface area contributed by atoms with Gasteiger partial charge in [-0.1, -0.05) is 20.3 Å². The van der Waals surface area contributed by atoms with E-state index in [0.29, 0.717) is 24.6 Å². The summed E-state index contributed by atoms with van der Waals surface area (Å²) in [6.45, 7) is 7.45. The average molecular weight is 278 g/mol. The molecule has 0 aromatic heterocycles. The zero-order valence-electron chi connectivity index (χ0n) is 12.7. The standard InChI is InChI=1S/C16H26N2O2/c1-4-5-12(2)11-20-9-8-16(19)18-15-7-6-14(17)10-13(15)3/h6-7,10,12H,4-5,8-9,11,17H2,1-3H3,(H,18,19). The number of carbonyl (C=O) groups is 1. The largest absolute Gasteiger partial charge is 0.399 e. The predicted octanol–water partition coefficient (Wildman–Crippen LogP) is 3.36. The molecular weight excluding hydrogens is 252 g/mol. The SMILES string of the molecule is CCCC(C)COCCC(=O)Nc1ccc(N)cc1C. The molecule has 1 atom stereocenters. The van der Waals surface area contributed by atoms with Crippen molar-refractivity contribution in [1.29, 1.82) is 0 Å². The summed E-state index contributed by atoms with van der Waals surface area (Å²) in [6, 6.07) is 5.46. The van der Waals surface area contributed by atoms with Crippen molar-refractivity contribution in [2.24, 2.45) is 5.92 Å². The summed E-state index contributed by atoms with van der Waals surface area (Å²) in [4.78, 5) is 11.8. The number of amides is 1. The molecule has 1 rings (SSSR count). The second kappa shape index (κ2) is 8.59. The smallest absolute Gasteiger partial charge is 0.226 e. The summed E-state index contributed by atoms with van der Waals surface area (Å²) >= 11 is 0. The molecule has 0 fully saturated rings. The van der Waals surface area contributed by atoms with Gasteiger partial charge in [-0.15, -0.1) is 0 Å². The van der Waals surface area contributed by atoms with Crippen LogP contribution in [-0.2, 0) is 9.53 Å². The highest BCUT2D eigenvalue weighted by molar-refractivity contribution is 5.91. The van der Waals surface area contributed by atoms with E-state index in [0.717, 1.165) is 24.3 Å². The number of nitrogen functional groups attached to an aromatic ring is 1. The highest BCUT2D eigenvalue weighted by Crippen LogP contribution is 2.17. The van der Waals surface area contributed by atoms with Crippen LogP contribution in [0.2, 0.25) is 0 Å². The molecule has 0 aliphatic rings. The van der Waals surface area contributed by atoms with Gasteiger partial charge >= 0.3 is 0 Å². The quantitative estimate of drug-likeness (QED) is 0.566. The van der Waals surface area contributed by atoms with Gasteiger partial charge in [0.1, 0.15) is 0 Å². The van der Waals surface area contributed by atoms with Crippen molar-refractivity contribution >= 4 is 17.3 Å². The van der Waals surface area contributed by atoms with Crippen LogP contribution in [0.15, 0.2) is 18.2 Å². The fourth-order valence-corrected chi connectivity index (χ4v) is 2.07. The van der Waals surface area contributed by atoms with Crippen LogP contribution >= 0.6 is 0 Å². The van der Waals surface area contributed by atoms with Crippen molar-refractivity contribution in [3.63, 3.8) is 0 Å². The van der Waals surface area contributed by atoms with Crippen molar-refractivity contribution in [3.05, 3.63) is 23.8 Å². The number of nitrogens with one attached hydrogen (secondary N) is 1. The van der Waals surface area contributed by atoms with Gasteiger partial charge in [0.15, 0.2) is 0 Å². The molecule has 112 valence electrons. The van der Waals surface area contributed by atoms with E-state index in [1.807, 2.05) is 19.1 Å². The summed E-state index contributed by atoms with van der Waals surface area (Å²) in [6.07, 6.45) is 2.71. The zero-order chi connectivity index (χ0) is 15.0. The lowest BCUT2D eigenvalue weighted by Gasteiger charge is -2.11. The monoisotopic (exact) mass is 278 g/mol. The second-order valence-corrected chi connectivity index (χ2v) is 5.34. The van der Waals surface area contributed by atoms with E-state index in [4.69, 9.17) is 10.5 Å². The number of ether oxygens (including phenoxy) is 1. The maximum absolute atomic E-state index is 11.8. The highest BCUT2D eigenvalue weighted by Gasteiger charge is 2.06. The van der Waals surface area contributed by atoms with Crippen LogP contribution in [0.3, 0.4) is 0 Å². The Labute approximate surface area is 121 Å². The molecule has 20 heavy (non-hydrogen) atoms. The number of hydrogen-bond acceptors (Lipinski definition) is 3. The lowest BCUT2D eigenvalue weighted by Crippen LogP contribution is -2.16. The van der Waals surface area contributed by atoms with Crippen molar-refractivity contribution in [2.45, 2.75) is 40.0 Å². The molecule has 1 aromatic carbocycles. The van der Waals surface area contributed by atoms with Crippen LogP contribution < -0.4 is 11.1 Å². The van der Waals surface area contributed by atoms with Gasteiger partial charge in [-0.2, -0.15) is 0 Å². The van der Waals surface area contributed by atoms with Crippen LogP contribution in [-0.4, -0.2) is 19.1 Å². The number of aryl methyl sites for hydroxylation is 1. The fourth-order valence-electron chi connectivity index (χ4n) is 2.07. The lowest BCUT2D eigenvalue weighted by atomic mass is 10.1. The molecule has 0 spiro atoms. The first kappa shape index (κ1) is 16.5. The molecule has 1 unspecified atom stereocenters. The number of anilines is 2. The minimum absolute atomic E-state index is 0.0268. The topological polar surface area (TPSA) is 64.3 Å². The third-order valence-electron chi connectivity index (χ3n) is 3.18. The number of hydrogen-bond donors (Lipinski definition) is 2. The highest BCUT2D eigenvalue weighted by atomic mass is 16.5. The van der Waals surface area contributed by atoms with Crippen LogP contribution in [0.4, 0.5) is 11.4 Å². The first-order chi connectivity index (χ1) is 9.52. The van der Waals surface area contributed by atoms with Crippen molar-refractivity contribution in [2.75, 3.05) is 24.3 Å². The van der Waals surface area contributed by atoms with Gasteiger partial charge in [0.05, 0.1) is 13.0 Å². The van der Waals surface area contributed by atoms with E-state index in [1.165, 1.54) is 6.42 Å². The first-order valence-corrected chi connectivity index (χ1v) is 7.26. The number of rotatable bonds is 8. The number of carbonyl (C=O) groups excluding carboxylic acids is 1. The minimum Gasteiger partial charge on any atom is -0.399 e. The minimum atomic E-state index is -0.0268. The van der Waals surface area contributed by atoms with Gasteiger partial charge in [-0.3, -0.25) is 4.79 Å². The maximum atomic E-state index is 11.8. The van der Waals surface area contributed by atoms with E-state index >= 15 is 0 Å². The molecular formula is C16H26N2O2. The van der Waals surface area contributed by atoms with Crippen molar-refractivity contribution in [3.8, 4) is 0 Å². The van der Waals surface area contributed by atoms with Gasteiger partial charge in [0.2, 0.25) is 5.91 Å². The van der Waals surface area contributed by atoms with Crippen molar-refractivity contribution in [1.82, 2.24) is 0 Å². The Morgan fingerprint density at radius 3 is 2.85 bits per heavy atom.